The zero-order valence-corrected chi connectivity index (χ0v) is 27.5. The normalized spacial score (nSPS) is 54.0. The maximum atomic E-state index is 13.5. The summed E-state index contributed by atoms with van der Waals surface area (Å²) in [4.78, 5) is 13.5. The summed E-state index contributed by atoms with van der Waals surface area (Å²) in [6.45, 7) is 20.9. The fraction of sp³-hybridized carbons (Fsp3) is 0.971. The van der Waals surface area contributed by atoms with Crippen LogP contribution in [-0.4, -0.2) is 56.9 Å². The van der Waals surface area contributed by atoms with Crippen molar-refractivity contribution in [2.75, 3.05) is 0 Å². The van der Waals surface area contributed by atoms with Crippen molar-refractivity contribution < 1.29 is 29.6 Å². The summed E-state index contributed by atoms with van der Waals surface area (Å²) >= 11 is 0. The standard InChI is InChI=1S/C35H58O6/c1-28(2,3)27(38)40-21-18-32(9)22-17-20(36)25-29(4,5)23(37)11-14-35(25)19-34(22,35)16-15-31(32,8)26(21)33(10)13-12-24(41-33)30(6,7)39/h20-26,36-37,39H,11-19H2,1-10H3/t20-,21-,22-,23-,24-,25-,26-,31+,32-,33+,34-,35+/m0/s1. The first kappa shape index (κ1) is 30.3. The lowest BCUT2D eigenvalue weighted by molar-refractivity contribution is -0.214. The van der Waals surface area contributed by atoms with Crippen molar-refractivity contribution in [1.29, 1.82) is 0 Å². The molecule has 5 saturated carbocycles. The van der Waals surface area contributed by atoms with E-state index in [1.54, 1.807) is 0 Å². The first-order chi connectivity index (χ1) is 18.6. The van der Waals surface area contributed by atoms with Crippen LogP contribution >= 0.6 is 0 Å². The molecule has 1 heterocycles. The van der Waals surface area contributed by atoms with Crippen LogP contribution in [0.3, 0.4) is 0 Å². The van der Waals surface area contributed by atoms with E-state index in [-0.39, 0.29) is 63.2 Å². The third kappa shape index (κ3) is 3.78. The second kappa shape index (κ2) is 8.52. The molecular formula is C35H58O6. The molecule has 234 valence electrons. The number of fused-ring (bicyclic) bond motifs is 2. The van der Waals surface area contributed by atoms with E-state index in [1.165, 1.54) is 0 Å². The van der Waals surface area contributed by atoms with Crippen LogP contribution in [0, 0.1) is 50.2 Å². The number of hydrogen-bond acceptors (Lipinski definition) is 6. The molecule has 41 heavy (non-hydrogen) atoms. The molecule has 6 fully saturated rings. The second-order valence-corrected chi connectivity index (χ2v) is 18.5. The van der Waals surface area contributed by atoms with Crippen LogP contribution in [0.5, 0.6) is 0 Å². The first-order valence-electron chi connectivity index (χ1n) is 16.6. The number of rotatable bonds is 3. The molecule has 6 nitrogen and oxygen atoms in total. The molecule has 6 aliphatic rings. The summed E-state index contributed by atoms with van der Waals surface area (Å²) in [6.07, 6.45) is 6.98. The fourth-order valence-corrected chi connectivity index (χ4v) is 12.5. The second-order valence-electron chi connectivity index (χ2n) is 18.5. The quantitative estimate of drug-likeness (QED) is 0.356. The highest BCUT2D eigenvalue weighted by Crippen LogP contribution is 2.89. The molecule has 12 atom stereocenters. The number of hydrogen-bond donors (Lipinski definition) is 3. The van der Waals surface area contributed by atoms with Crippen molar-refractivity contribution in [1.82, 2.24) is 0 Å². The summed E-state index contributed by atoms with van der Waals surface area (Å²) in [5, 5.41) is 33.8. The van der Waals surface area contributed by atoms with E-state index in [1.807, 2.05) is 34.6 Å². The summed E-state index contributed by atoms with van der Waals surface area (Å²) in [5.74, 6) is 0.299. The van der Waals surface area contributed by atoms with Crippen LogP contribution in [-0.2, 0) is 14.3 Å². The molecule has 2 spiro atoms. The Hall–Kier alpha value is -0.690. The van der Waals surface area contributed by atoms with Gasteiger partial charge in [0.05, 0.1) is 34.9 Å². The Kier molecular flexibility index (Phi) is 6.30. The Bertz CT molecular complexity index is 1100. The maximum Gasteiger partial charge on any atom is 0.311 e. The lowest BCUT2D eigenvalue weighted by Gasteiger charge is -2.64. The summed E-state index contributed by atoms with van der Waals surface area (Å²) in [7, 11) is 0. The van der Waals surface area contributed by atoms with Gasteiger partial charge >= 0.3 is 5.97 Å². The topological polar surface area (TPSA) is 96.2 Å². The fourth-order valence-electron chi connectivity index (χ4n) is 12.5. The van der Waals surface area contributed by atoms with Gasteiger partial charge in [-0.25, -0.2) is 0 Å². The highest BCUT2D eigenvalue weighted by Gasteiger charge is 2.85. The minimum absolute atomic E-state index is 0.00480. The van der Waals surface area contributed by atoms with E-state index >= 15 is 0 Å². The van der Waals surface area contributed by atoms with Crippen molar-refractivity contribution >= 4 is 5.97 Å². The van der Waals surface area contributed by atoms with Crippen LogP contribution in [0.15, 0.2) is 0 Å². The van der Waals surface area contributed by atoms with Gasteiger partial charge in [-0.05, 0) is 138 Å². The Labute approximate surface area is 248 Å². The van der Waals surface area contributed by atoms with Crippen LogP contribution in [0.25, 0.3) is 0 Å². The van der Waals surface area contributed by atoms with E-state index in [4.69, 9.17) is 9.47 Å². The zero-order valence-electron chi connectivity index (χ0n) is 27.5. The number of ether oxygens (including phenoxy) is 2. The summed E-state index contributed by atoms with van der Waals surface area (Å²) in [6, 6.07) is 0. The Balaban J connectivity index is 1.41. The van der Waals surface area contributed by atoms with Gasteiger partial charge in [-0.15, -0.1) is 0 Å². The van der Waals surface area contributed by atoms with E-state index in [9.17, 15) is 20.1 Å². The molecule has 0 aromatic rings. The molecule has 0 unspecified atom stereocenters. The summed E-state index contributed by atoms with van der Waals surface area (Å²) < 4.78 is 13.4. The molecule has 0 amide bonds. The lowest BCUT2D eigenvalue weighted by atomic mass is 9.41. The molecule has 6 rings (SSSR count). The zero-order chi connectivity index (χ0) is 30.4. The smallest absolute Gasteiger partial charge is 0.311 e. The van der Waals surface area contributed by atoms with Gasteiger partial charge in [0, 0.05) is 5.92 Å². The van der Waals surface area contributed by atoms with Crippen molar-refractivity contribution in [3.05, 3.63) is 0 Å². The number of aliphatic hydroxyl groups excluding tert-OH is 2. The molecule has 3 N–H and O–H groups in total. The van der Waals surface area contributed by atoms with Gasteiger partial charge in [0.25, 0.3) is 0 Å². The van der Waals surface area contributed by atoms with Crippen molar-refractivity contribution in [3.63, 3.8) is 0 Å². The number of carbonyl (C=O) groups is 1. The molecule has 1 saturated heterocycles. The SMILES string of the molecule is CC(C)(C)C(=O)O[C@H]1C[C@@]2(C)[C@@H]3C[C@H](O)[C@H]4C(C)(C)[C@@H](O)CC[C@@]45C[C@@]35CC[C@]2(C)[C@H]1[C@@]1(C)CC[C@@H](C(C)(C)O)O1. The molecule has 0 aromatic heterocycles. The van der Waals surface area contributed by atoms with Gasteiger partial charge in [-0.2, -0.15) is 0 Å². The highest BCUT2D eigenvalue weighted by molar-refractivity contribution is 5.75. The van der Waals surface area contributed by atoms with Gasteiger partial charge in [-0.3, -0.25) is 4.79 Å². The molecule has 6 heteroatoms. The van der Waals surface area contributed by atoms with E-state index in [0.29, 0.717) is 5.92 Å². The van der Waals surface area contributed by atoms with Crippen molar-refractivity contribution in [2.24, 2.45) is 50.2 Å². The largest absolute Gasteiger partial charge is 0.462 e. The van der Waals surface area contributed by atoms with Crippen LogP contribution in [0.1, 0.15) is 127 Å². The first-order valence-corrected chi connectivity index (χ1v) is 16.6. The molecule has 1 aliphatic heterocycles. The number of aliphatic hydroxyl groups is 3. The van der Waals surface area contributed by atoms with E-state index in [2.05, 4.69) is 34.6 Å². The minimum atomic E-state index is -0.935. The Morgan fingerprint density at radius 1 is 0.854 bits per heavy atom. The predicted molar refractivity (Wildman–Crippen MR) is 158 cm³/mol. The van der Waals surface area contributed by atoms with Crippen molar-refractivity contribution in [2.45, 2.75) is 163 Å². The van der Waals surface area contributed by atoms with Crippen LogP contribution in [0.4, 0.5) is 0 Å². The summed E-state index contributed by atoms with van der Waals surface area (Å²) in [5.41, 5.74) is -2.34. The average Bonchev–Trinajstić information content (AvgIpc) is 3.17. The van der Waals surface area contributed by atoms with Gasteiger partial charge < -0.3 is 24.8 Å². The van der Waals surface area contributed by atoms with Gasteiger partial charge in [-0.1, -0.05) is 27.7 Å². The number of carbonyl (C=O) groups excluding carboxylic acids is 1. The molecule has 0 aromatic carbocycles. The highest BCUT2D eigenvalue weighted by atomic mass is 16.6. The van der Waals surface area contributed by atoms with Crippen molar-refractivity contribution in [3.8, 4) is 0 Å². The van der Waals surface area contributed by atoms with Crippen LogP contribution in [0.2, 0.25) is 0 Å². The third-order valence-electron chi connectivity index (χ3n) is 14.6. The minimum Gasteiger partial charge on any atom is -0.462 e. The Morgan fingerprint density at radius 2 is 1.51 bits per heavy atom. The van der Waals surface area contributed by atoms with E-state index in [0.717, 1.165) is 57.8 Å². The van der Waals surface area contributed by atoms with Gasteiger partial charge in [0.15, 0.2) is 0 Å². The van der Waals surface area contributed by atoms with Gasteiger partial charge in [0.1, 0.15) is 6.10 Å². The molecular weight excluding hydrogens is 516 g/mol. The molecule has 0 radical (unpaired) electrons. The predicted octanol–water partition coefficient (Wildman–Crippen LogP) is 6.03. The molecule has 0 bridgehead atoms. The maximum absolute atomic E-state index is 13.5. The van der Waals surface area contributed by atoms with Crippen LogP contribution < -0.4 is 0 Å². The third-order valence-corrected chi connectivity index (χ3v) is 14.6. The average molecular weight is 575 g/mol. The monoisotopic (exact) mass is 574 g/mol. The van der Waals surface area contributed by atoms with E-state index < -0.39 is 22.7 Å². The lowest BCUT2D eigenvalue weighted by Crippen LogP contribution is -2.62. The number of esters is 1. The Morgan fingerprint density at radius 3 is 2.10 bits per heavy atom. The molecule has 5 aliphatic carbocycles. The van der Waals surface area contributed by atoms with Gasteiger partial charge in [0.2, 0.25) is 0 Å².